The van der Waals surface area contributed by atoms with Gasteiger partial charge in [0.05, 0.1) is 4.90 Å². The molecule has 0 fully saturated rings. The van der Waals surface area contributed by atoms with Crippen LogP contribution >= 0.6 is 11.6 Å². The van der Waals surface area contributed by atoms with Gasteiger partial charge >= 0.3 is 0 Å². The maximum absolute atomic E-state index is 11.9. The first-order chi connectivity index (χ1) is 7.83. The van der Waals surface area contributed by atoms with Gasteiger partial charge in [-0.25, -0.2) is 13.1 Å². The van der Waals surface area contributed by atoms with Gasteiger partial charge in [0.15, 0.2) is 0 Å². The quantitative estimate of drug-likeness (QED) is 0.859. The number of hydrogen-bond acceptors (Lipinski definition) is 3. The molecule has 0 amide bonds. The lowest BCUT2D eigenvalue weighted by atomic mass is 10.2. The van der Waals surface area contributed by atoms with E-state index in [0.29, 0.717) is 18.0 Å². The SMILES string of the molecule is Cc1ccc(S(=O)(=O)NCCC(C)N)cc1Cl. The molecule has 1 aromatic rings. The number of rotatable bonds is 5. The zero-order chi connectivity index (χ0) is 13.1. The lowest BCUT2D eigenvalue weighted by molar-refractivity contribution is 0.572. The molecule has 0 saturated carbocycles. The Hall–Kier alpha value is -0.620. The molecule has 0 aromatic heterocycles. The summed E-state index contributed by atoms with van der Waals surface area (Å²) in [5.74, 6) is 0. The fraction of sp³-hybridized carbons (Fsp3) is 0.455. The minimum Gasteiger partial charge on any atom is -0.328 e. The predicted octanol–water partition coefficient (Wildman–Crippen LogP) is 1.66. The van der Waals surface area contributed by atoms with Crippen molar-refractivity contribution in [3.05, 3.63) is 28.8 Å². The second-order valence-electron chi connectivity index (χ2n) is 4.07. The number of hydrogen-bond donors (Lipinski definition) is 2. The highest BCUT2D eigenvalue weighted by Gasteiger charge is 2.14. The van der Waals surface area contributed by atoms with Gasteiger partial charge in [-0.1, -0.05) is 17.7 Å². The van der Waals surface area contributed by atoms with Crippen LogP contribution in [-0.4, -0.2) is 21.0 Å². The number of nitrogens with one attached hydrogen (secondary N) is 1. The first-order valence-electron chi connectivity index (χ1n) is 5.34. The fourth-order valence-corrected chi connectivity index (χ4v) is 2.56. The van der Waals surface area contributed by atoms with Gasteiger partial charge in [0.1, 0.15) is 0 Å². The topological polar surface area (TPSA) is 72.2 Å². The first kappa shape index (κ1) is 14.4. The lowest BCUT2D eigenvalue weighted by Crippen LogP contribution is -2.29. The molecule has 0 radical (unpaired) electrons. The van der Waals surface area contributed by atoms with E-state index in [0.717, 1.165) is 5.56 Å². The van der Waals surface area contributed by atoms with Crippen molar-refractivity contribution in [1.82, 2.24) is 4.72 Å². The van der Waals surface area contributed by atoms with Gasteiger partial charge in [-0.15, -0.1) is 0 Å². The second-order valence-corrected chi connectivity index (χ2v) is 6.25. The van der Waals surface area contributed by atoms with Crippen LogP contribution < -0.4 is 10.5 Å². The molecule has 3 N–H and O–H groups in total. The Morgan fingerprint density at radius 2 is 2.12 bits per heavy atom. The zero-order valence-electron chi connectivity index (χ0n) is 9.90. The Kier molecular flexibility index (Phi) is 4.94. The predicted molar refractivity (Wildman–Crippen MR) is 69.6 cm³/mol. The fourth-order valence-electron chi connectivity index (χ4n) is 1.25. The summed E-state index contributed by atoms with van der Waals surface area (Å²) in [6, 6.07) is 4.64. The molecule has 0 heterocycles. The summed E-state index contributed by atoms with van der Waals surface area (Å²) in [6.07, 6.45) is 0.596. The van der Waals surface area contributed by atoms with Crippen molar-refractivity contribution in [3.8, 4) is 0 Å². The number of benzene rings is 1. The molecule has 0 aliphatic heterocycles. The van der Waals surface area contributed by atoms with E-state index in [1.807, 2.05) is 13.8 Å². The molecule has 96 valence electrons. The van der Waals surface area contributed by atoms with Crippen molar-refractivity contribution < 1.29 is 8.42 Å². The third-order valence-electron chi connectivity index (χ3n) is 2.35. The van der Waals surface area contributed by atoms with Crippen LogP contribution in [0.25, 0.3) is 0 Å². The van der Waals surface area contributed by atoms with Crippen molar-refractivity contribution in [2.24, 2.45) is 5.73 Å². The maximum Gasteiger partial charge on any atom is 0.240 e. The van der Waals surface area contributed by atoms with Crippen molar-refractivity contribution in [1.29, 1.82) is 0 Å². The molecule has 1 atom stereocenters. The van der Waals surface area contributed by atoms with E-state index in [1.165, 1.54) is 12.1 Å². The standard InChI is InChI=1S/C11H17ClN2O2S/c1-8-3-4-10(7-11(8)12)17(15,16)14-6-5-9(2)13/h3-4,7,9,14H,5-6,13H2,1-2H3. The molecular weight excluding hydrogens is 260 g/mol. The second kappa shape index (κ2) is 5.82. The average molecular weight is 277 g/mol. The van der Waals surface area contributed by atoms with Crippen molar-refractivity contribution >= 4 is 21.6 Å². The van der Waals surface area contributed by atoms with E-state index in [9.17, 15) is 8.42 Å². The Balaban J connectivity index is 2.79. The van der Waals surface area contributed by atoms with Crippen LogP contribution in [0.1, 0.15) is 18.9 Å². The smallest absolute Gasteiger partial charge is 0.240 e. The van der Waals surface area contributed by atoms with Crippen molar-refractivity contribution in [2.45, 2.75) is 31.2 Å². The van der Waals surface area contributed by atoms with Crippen LogP contribution in [0, 0.1) is 6.92 Å². The van der Waals surface area contributed by atoms with Crippen LogP contribution in [0.15, 0.2) is 23.1 Å². The van der Waals surface area contributed by atoms with Crippen LogP contribution in [0.5, 0.6) is 0 Å². The Bertz CT molecular complexity index is 486. The first-order valence-corrected chi connectivity index (χ1v) is 7.20. The van der Waals surface area contributed by atoms with Gasteiger partial charge < -0.3 is 5.73 Å². The minimum atomic E-state index is -3.49. The summed E-state index contributed by atoms with van der Waals surface area (Å²) < 4.78 is 26.2. The van der Waals surface area contributed by atoms with Crippen LogP contribution in [0.3, 0.4) is 0 Å². The molecule has 1 aromatic carbocycles. The molecule has 0 spiro atoms. The zero-order valence-corrected chi connectivity index (χ0v) is 11.5. The summed E-state index contributed by atoms with van der Waals surface area (Å²) in [7, 11) is -3.49. The number of aryl methyl sites for hydroxylation is 1. The van der Waals surface area contributed by atoms with E-state index >= 15 is 0 Å². The van der Waals surface area contributed by atoms with Crippen LogP contribution in [0.2, 0.25) is 5.02 Å². The molecule has 0 bridgehead atoms. The summed E-state index contributed by atoms with van der Waals surface area (Å²) in [6.45, 7) is 3.98. The highest BCUT2D eigenvalue weighted by Crippen LogP contribution is 2.19. The van der Waals surface area contributed by atoms with Gasteiger partial charge in [0.2, 0.25) is 10.0 Å². The summed E-state index contributed by atoms with van der Waals surface area (Å²) >= 11 is 5.89. The molecule has 6 heteroatoms. The highest BCUT2D eigenvalue weighted by atomic mass is 35.5. The van der Waals surface area contributed by atoms with E-state index in [4.69, 9.17) is 17.3 Å². The van der Waals surface area contributed by atoms with E-state index < -0.39 is 10.0 Å². The highest BCUT2D eigenvalue weighted by molar-refractivity contribution is 7.89. The lowest BCUT2D eigenvalue weighted by Gasteiger charge is -2.09. The maximum atomic E-state index is 11.9. The molecular formula is C11H17ClN2O2S. The van der Waals surface area contributed by atoms with Gasteiger partial charge in [-0.05, 0) is 38.0 Å². The molecule has 0 aliphatic carbocycles. The monoisotopic (exact) mass is 276 g/mol. The minimum absolute atomic E-state index is 0.0284. The average Bonchev–Trinajstić information content (AvgIpc) is 2.21. The molecule has 1 rings (SSSR count). The summed E-state index contributed by atoms with van der Waals surface area (Å²) in [4.78, 5) is 0.178. The molecule has 0 aliphatic rings. The van der Waals surface area contributed by atoms with E-state index in [1.54, 1.807) is 6.07 Å². The van der Waals surface area contributed by atoms with E-state index in [-0.39, 0.29) is 10.9 Å². The molecule has 1 unspecified atom stereocenters. The van der Waals surface area contributed by atoms with Gasteiger partial charge in [-0.2, -0.15) is 0 Å². The Morgan fingerprint density at radius 3 is 2.65 bits per heavy atom. The third kappa shape index (κ3) is 4.27. The van der Waals surface area contributed by atoms with Crippen molar-refractivity contribution in [3.63, 3.8) is 0 Å². The van der Waals surface area contributed by atoms with Crippen molar-refractivity contribution in [2.75, 3.05) is 6.54 Å². The largest absolute Gasteiger partial charge is 0.328 e. The van der Waals surface area contributed by atoms with Gasteiger partial charge in [0.25, 0.3) is 0 Å². The number of halogens is 1. The third-order valence-corrected chi connectivity index (χ3v) is 4.21. The number of sulfonamides is 1. The van der Waals surface area contributed by atoms with E-state index in [2.05, 4.69) is 4.72 Å². The van der Waals surface area contributed by atoms with Gasteiger partial charge in [0, 0.05) is 17.6 Å². The Morgan fingerprint density at radius 1 is 1.47 bits per heavy atom. The number of nitrogens with two attached hydrogens (primary N) is 1. The van der Waals surface area contributed by atoms with Crippen LogP contribution in [0.4, 0.5) is 0 Å². The summed E-state index contributed by atoms with van der Waals surface area (Å²) in [5.41, 5.74) is 6.40. The van der Waals surface area contributed by atoms with Crippen LogP contribution in [-0.2, 0) is 10.0 Å². The Labute approximate surface area is 107 Å². The summed E-state index contributed by atoms with van der Waals surface area (Å²) in [5, 5.41) is 0.445. The van der Waals surface area contributed by atoms with Gasteiger partial charge in [-0.3, -0.25) is 0 Å². The molecule has 0 saturated heterocycles. The molecule has 4 nitrogen and oxygen atoms in total. The normalized spacial score (nSPS) is 13.6. The molecule has 17 heavy (non-hydrogen) atoms.